The van der Waals surface area contributed by atoms with Gasteiger partial charge >= 0.3 is 6.01 Å². The van der Waals surface area contributed by atoms with Crippen LogP contribution in [0.25, 0.3) is 0 Å². The van der Waals surface area contributed by atoms with Crippen molar-refractivity contribution in [2.24, 2.45) is 0 Å². The van der Waals surface area contributed by atoms with E-state index in [0.29, 0.717) is 34.8 Å². The second kappa shape index (κ2) is 7.46. The number of anilines is 1. The molecule has 26 heavy (non-hydrogen) atoms. The highest BCUT2D eigenvalue weighted by Crippen LogP contribution is 2.40. The van der Waals surface area contributed by atoms with E-state index in [2.05, 4.69) is 27.2 Å². The third kappa shape index (κ3) is 3.73. The molecule has 0 bridgehead atoms. The Labute approximate surface area is 158 Å². The van der Waals surface area contributed by atoms with Crippen molar-refractivity contribution in [3.05, 3.63) is 46.4 Å². The van der Waals surface area contributed by atoms with Gasteiger partial charge in [-0.05, 0) is 11.4 Å². The van der Waals surface area contributed by atoms with Gasteiger partial charge in [0.1, 0.15) is 12.1 Å². The van der Waals surface area contributed by atoms with Gasteiger partial charge in [0.2, 0.25) is 5.88 Å². The fourth-order valence-corrected chi connectivity index (χ4v) is 4.32. The Bertz CT molecular complexity index is 911. The normalized spacial score (nSPS) is 15.7. The summed E-state index contributed by atoms with van der Waals surface area (Å²) in [7, 11) is 0. The smallest absolute Gasteiger partial charge is 0.301 e. The lowest BCUT2D eigenvalue weighted by Crippen LogP contribution is -2.10. The minimum absolute atomic E-state index is 0.186. The minimum atomic E-state index is -0.229. The van der Waals surface area contributed by atoms with E-state index in [1.165, 1.54) is 11.3 Å². The van der Waals surface area contributed by atoms with E-state index in [1.54, 1.807) is 30.4 Å². The highest BCUT2D eigenvalue weighted by molar-refractivity contribution is 8.00. The zero-order valence-electron chi connectivity index (χ0n) is 14.0. The SMILES string of the molecule is C[C@H]1Cc2ncnc(OCCc3cnc(NC(=O)c4cccs4)o3)c2S1. The third-order valence-electron chi connectivity index (χ3n) is 3.75. The summed E-state index contributed by atoms with van der Waals surface area (Å²) in [4.78, 5) is 26.2. The molecular formula is C17H16N4O3S2. The largest absolute Gasteiger partial charge is 0.476 e. The number of amides is 1. The Balaban J connectivity index is 1.32. The lowest BCUT2D eigenvalue weighted by atomic mass is 10.2. The van der Waals surface area contributed by atoms with Crippen LogP contribution in [0, 0.1) is 0 Å². The molecule has 0 radical (unpaired) electrons. The molecule has 0 fully saturated rings. The lowest BCUT2D eigenvalue weighted by molar-refractivity contribution is 0.102. The summed E-state index contributed by atoms with van der Waals surface area (Å²) in [5, 5.41) is 4.98. The topological polar surface area (TPSA) is 90.1 Å². The van der Waals surface area contributed by atoms with Gasteiger partial charge in [0.05, 0.1) is 28.3 Å². The van der Waals surface area contributed by atoms with Gasteiger partial charge in [-0.2, -0.15) is 0 Å². The molecule has 1 N–H and O–H groups in total. The number of carbonyl (C=O) groups is 1. The molecule has 3 aromatic heterocycles. The number of carbonyl (C=O) groups excluding carboxylic acids is 1. The molecule has 1 aliphatic rings. The molecular weight excluding hydrogens is 372 g/mol. The van der Waals surface area contributed by atoms with Crippen molar-refractivity contribution in [1.82, 2.24) is 15.0 Å². The molecule has 0 aliphatic carbocycles. The van der Waals surface area contributed by atoms with Gasteiger partial charge in [-0.3, -0.25) is 10.1 Å². The zero-order valence-corrected chi connectivity index (χ0v) is 15.6. The predicted molar refractivity (Wildman–Crippen MR) is 99.0 cm³/mol. The van der Waals surface area contributed by atoms with Crippen LogP contribution in [0.5, 0.6) is 5.88 Å². The number of fused-ring (bicyclic) bond motifs is 1. The van der Waals surface area contributed by atoms with E-state index in [4.69, 9.17) is 9.15 Å². The number of thiophene rings is 1. The number of nitrogens with zero attached hydrogens (tertiary/aromatic N) is 3. The van der Waals surface area contributed by atoms with Crippen LogP contribution in [-0.2, 0) is 12.8 Å². The van der Waals surface area contributed by atoms with E-state index < -0.39 is 0 Å². The summed E-state index contributed by atoms with van der Waals surface area (Å²) >= 11 is 3.10. The first-order valence-electron chi connectivity index (χ1n) is 8.12. The van der Waals surface area contributed by atoms with E-state index in [9.17, 15) is 4.79 Å². The maximum absolute atomic E-state index is 12.0. The lowest BCUT2D eigenvalue weighted by Gasteiger charge is -2.07. The minimum Gasteiger partial charge on any atom is -0.476 e. The summed E-state index contributed by atoms with van der Waals surface area (Å²) < 4.78 is 11.3. The summed E-state index contributed by atoms with van der Waals surface area (Å²) in [6.45, 7) is 2.57. The molecule has 7 nitrogen and oxygen atoms in total. The number of ether oxygens (including phenoxy) is 1. The summed E-state index contributed by atoms with van der Waals surface area (Å²) in [5.74, 6) is 1.03. The molecule has 1 aliphatic heterocycles. The van der Waals surface area contributed by atoms with Crippen LogP contribution in [0.3, 0.4) is 0 Å². The molecule has 1 atom stereocenters. The molecule has 134 valence electrons. The molecule has 9 heteroatoms. The molecule has 0 aromatic carbocycles. The van der Waals surface area contributed by atoms with Gasteiger partial charge in [0, 0.05) is 18.1 Å². The van der Waals surface area contributed by atoms with Gasteiger partial charge in [-0.1, -0.05) is 13.0 Å². The van der Waals surface area contributed by atoms with Gasteiger partial charge in [-0.15, -0.1) is 23.1 Å². The van der Waals surface area contributed by atoms with Crippen LogP contribution in [0.4, 0.5) is 6.01 Å². The Kier molecular flexibility index (Phi) is 4.89. The second-order valence-corrected chi connectivity index (χ2v) is 8.15. The quantitative estimate of drug-likeness (QED) is 0.692. The van der Waals surface area contributed by atoms with Gasteiger partial charge in [0.25, 0.3) is 5.91 Å². The van der Waals surface area contributed by atoms with Crippen LogP contribution >= 0.6 is 23.1 Å². The maximum Gasteiger partial charge on any atom is 0.301 e. The molecule has 0 spiro atoms. The van der Waals surface area contributed by atoms with Crippen molar-refractivity contribution >= 4 is 35.0 Å². The molecule has 4 rings (SSSR count). The fraction of sp³-hybridized carbons (Fsp3) is 0.294. The predicted octanol–water partition coefficient (Wildman–Crippen LogP) is 3.44. The molecule has 0 saturated heterocycles. The van der Waals surface area contributed by atoms with Crippen LogP contribution in [0.1, 0.15) is 28.0 Å². The van der Waals surface area contributed by atoms with Gasteiger partial charge in [-0.25, -0.2) is 15.0 Å². The van der Waals surface area contributed by atoms with Crippen LogP contribution in [0.2, 0.25) is 0 Å². The van der Waals surface area contributed by atoms with Crippen LogP contribution in [0.15, 0.2) is 39.3 Å². The van der Waals surface area contributed by atoms with Crippen molar-refractivity contribution in [2.75, 3.05) is 11.9 Å². The Morgan fingerprint density at radius 1 is 1.42 bits per heavy atom. The Hall–Kier alpha value is -2.39. The fourth-order valence-electron chi connectivity index (χ4n) is 2.57. The number of thioether (sulfide) groups is 1. The van der Waals surface area contributed by atoms with Crippen molar-refractivity contribution in [2.45, 2.75) is 29.9 Å². The number of rotatable bonds is 6. The van der Waals surface area contributed by atoms with Gasteiger partial charge < -0.3 is 9.15 Å². The van der Waals surface area contributed by atoms with Crippen molar-refractivity contribution in [3.63, 3.8) is 0 Å². The molecule has 3 aromatic rings. The van der Waals surface area contributed by atoms with Crippen molar-refractivity contribution < 1.29 is 13.9 Å². The first kappa shape index (κ1) is 17.0. The van der Waals surface area contributed by atoms with E-state index in [0.717, 1.165) is 17.0 Å². The maximum atomic E-state index is 12.0. The standard InChI is InChI=1S/C17H16N4O3S2/c1-10-7-12-14(26-10)16(20-9-19-12)23-5-4-11-8-18-17(24-11)21-15(22)13-3-2-6-25-13/h2-3,6,8-10H,4-5,7H2,1H3,(H,18,21,22)/t10-/m0/s1. The summed E-state index contributed by atoms with van der Waals surface area (Å²) in [6.07, 6.45) is 4.60. The molecule has 0 saturated carbocycles. The average Bonchev–Trinajstić information content (AvgIpc) is 3.35. The van der Waals surface area contributed by atoms with E-state index in [1.807, 2.05) is 11.4 Å². The number of hydrogen-bond donors (Lipinski definition) is 1. The Morgan fingerprint density at radius 3 is 3.19 bits per heavy atom. The zero-order chi connectivity index (χ0) is 17.9. The second-order valence-electron chi connectivity index (χ2n) is 5.75. The number of oxazole rings is 1. The van der Waals surface area contributed by atoms with E-state index >= 15 is 0 Å². The van der Waals surface area contributed by atoms with Crippen molar-refractivity contribution in [3.8, 4) is 5.88 Å². The number of nitrogens with one attached hydrogen (secondary N) is 1. The number of hydrogen-bond acceptors (Lipinski definition) is 8. The highest BCUT2D eigenvalue weighted by Gasteiger charge is 2.24. The third-order valence-corrected chi connectivity index (χ3v) is 5.83. The van der Waals surface area contributed by atoms with Crippen molar-refractivity contribution in [1.29, 1.82) is 0 Å². The first-order valence-corrected chi connectivity index (χ1v) is 9.88. The molecule has 4 heterocycles. The average molecular weight is 388 g/mol. The molecule has 1 amide bonds. The van der Waals surface area contributed by atoms with Crippen LogP contribution in [-0.4, -0.2) is 32.7 Å². The monoisotopic (exact) mass is 388 g/mol. The van der Waals surface area contributed by atoms with Crippen LogP contribution < -0.4 is 10.1 Å². The molecule has 0 unspecified atom stereocenters. The first-order chi connectivity index (χ1) is 12.7. The number of aromatic nitrogens is 3. The van der Waals surface area contributed by atoms with Gasteiger partial charge in [0.15, 0.2) is 0 Å². The van der Waals surface area contributed by atoms with E-state index in [-0.39, 0.29) is 11.9 Å². The summed E-state index contributed by atoms with van der Waals surface area (Å²) in [5.41, 5.74) is 1.05. The highest BCUT2D eigenvalue weighted by atomic mass is 32.2. The Morgan fingerprint density at radius 2 is 2.35 bits per heavy atom. The summed E-state index contributed by atoms with van der Waals surface area (Å²) in [6, 6.07) is 3.75.